The molecule has 2 nitrogen and oxygen atoms in total. The van der Waals surface area contributed by atoms with E-state index in [0.29, 0.717) is 15.7 Å². The first-order chi connectivity index (χ1) is 6.15. The van der Waals surface area contributed by atoms with Gasteiger partial charge in [0.1, 0.15) is 0 Å². The van der Waals surface area contributed by atoms with Gasteiger partial charge in [-0.05, 0) is 12.1 Å². The fourth-order valence-corrected chi connectivity index (χ4v) is 1.16. The van der Waals surface area contributed by atoms with E-state index in [2.05, 4.69) is 12.1 Å². The molecule has 0 atom stereocenters. The molecule has 1 aromatic carbocycles. The van der Waals surface area contributed by atoms with Gasteiger partial charge in [0.15, 0.2) is 0 Å². The van der Waals surface area contributed by atoms with Crippen molar-refractivity contribution in [1.82, 2.24) is 5.48 Å². The standard InChI is InChI=1S/C9H9Cl2NO/c1-6(12-13-2)7-3-4-8(10)9(11)5-7/h3-5,12H,1H2,2H3. The average Bonchev–Trinajstić information content (AvgIpc) is 2.10. The van der Waals surface area contributed by atoms with E-state index in [-0.39, 0.29) is 0 Å². The summed E-state index contributed by atoms with van der Waals surface area (Å²) in [4.78, 5) is 4.70. The van der Waals surface area contributed by atoms with E-state index < -0.39 is 0 Å². The third-order valence-corrected chi connectivity index (χ3v) is 2.23. The SMILES string of the molecule is C=C(NOC)c1ccc(Cl)c(Cl)c1. The second-order valence-electron chi connectivity index (χ2n) is 2.41. The molecule has 1 aromatic rings. The van der Waals surface area contributed by atoms with Crippen LogP contribution in [0.15, 0.2) is 24.8 Å². The summed E-state index contributed by atoms with van der Waals surface area (Å²) in [7, 11) is 1.52. The quantitative estimate of drug-likeness (QED) is 0.787. The van der Waals surface area contributed by atoms with E-state index in [0.717, 1.165) is 5.56 Å². The molecular weight excluding hydrogens is 209 g/mol. The molecule has 0 amide bonds. The van der Waals surface area contributed by atoms with Crippen LogP contribution in [0.5, 0.6) is 0 Å². The Bertz CT molecular complexity index is 325. The molecule has 70 valence electrons. The molecule has 0 saturated heterocycles. The first-order valence-corrected chi connectivity index (χ1v) is 4.34. The molecular formula is C9H9Cl2NO. The highest BCUT2D eigenvalue weighted by molar-refractivity contribution is 6.42. The molecule has 1 rings (SSSR count). The number of hydrogen-bond acceptors (Lipinski definition) is 2. The van der Waals surface area contributed by atoms with Crippen LogP contribution in [0.4, 0.5) is 0 Å². The minimum Gasteiger partial charge on any atom is -0.279 e. The smallest absolute Gasteiger partial charge is 0.0636 e. The molecule has 0 radical (unpaired) electrons. The van der Waals surface area contributed by atoms with Crippen LogP contribution in [0.2, 0.25) is 10.0 Å². The van der Waals surface area contributed by atoms with Crippen LogP contribution in [0.1, 0.15) is 5.56 Å². The summed E-state index contributed by atoms with van der Waals surface area (Å²) in [5.41, 5.74) is 4.10. The molecule has 0 bridgehead atoms. The minimum atomic E-state index is 0.498. The molecule has 0 unspecified atom stereocenters. The molecule has 13 heavy (non-hydrogen) atoms. The maximum Gasteiger partial charge on any atom is 0.0636 e. The molecule has 0 aliphatic rings. The molecule has 0 saturated carbocycles. The predicted octanol–water partition coefficient (Wildman–Crippen LogP) is 3.12. The van der Waals surface area contributed by atoms with Crippen LogP contribution in [-0.4, -0.2) is 7.11 Å². The predicted molar refractivity (Wildman–Crippen MR) is 55.6 cm³/mol. The summed E-state index contributed by atoms with van der Waals surface area (Å²) in [6.45, 7) is 3.75. The van der Waals surface area contributed by atoms with Crippen LogP contribution in [0.3, 0.4) is 0 Å². The summed E-state index contributed by atoms with van der Waals surface area (Å²) >= 11 is 11.6. The van der Waals surface area contributed by atoms with Crippen LogP contribution in [-0.2, 0) is 4.84 Å². The Balaban J connectivity index is 2.90. The maximum atomic E-state index is 5.82. The Hall–Kier alpha value is -0.700. The van der Waals surface area contributed by atoms with Crippen molar-refractivity contribution >= 4 is 28.9 Å². The lowest BCUT2D eigenvalue weighted by Gasteiger charge is -2.07. The van der Waals surface area contributed by atoms with Crippen LogP contribution >= 0.6 is 23.2 Å². The number of hydrogen-bond donors (Lipinski definition) is 1. The zero-order valence-corrected chi connectivity index (χ0v) is 8.62. The summed E-state index contributed by atoms with van der Waals surface area (Å²) < 4.78 is 0. The lowest BCUT2D eigenvalue weighted by Crippen LogP contribution is -2.08. The number of benzene rings is 1. The fourth-order valence-electron chi connectivity index (χ4n) is 0.866. The molecule has 0 fully saturated rings. The van der Waals surface area contributed by atoms with Gasteiger partial charge >= 0.3 is 0 Å². The molecule has 0 aromatic heterocycles. The third-order valence-electron chi connectivity index (χ3n) is 1.49. The number of halogens is 2. The van der Waals surface area contributed by atoms with Gasteiger partial charge in [0.2, 0.25) is 0 Å². The zero-order valence-electron chi connectivity index (χ0n) is 7.10. The van der Waals surface area contributed by atoms with Crippen molar-refractivity contribution in [3.63, 3.8) is 0 Å². The van der Waals surface area contributed by atoms with Crippen LogP contribution < -0.4 is 5.48 Å². The lowest BCUT2D eigenvalue weighted by molar-refractivity contribution is 0.137. The van der Waals surface area contributed by atoms with Crippen molar-refractivity contribution in [2.75, 3.05) is 7.11 Å². The Morgan fingerprint density at radius 1 is 1.38 bits per heavy atom. The van der Waals surface area contributed by atoms with Gasteiger partial charge in [0, 0.05) is 5.56 Å². The van der Waals surface area contributed by atoms with Crippen molar-refractivity contribution < 1.29 is 4.84 Å². The van der Waals surface area contributed by atoms with Gasteiger partial charge < -0.3 is 0 Å². The molecule has 0 aliphatic heterocycles. The first-order valence-electron chi connectivity index (χ1n) is 3.58. The largest absolute Gasteiger partial charge is 0.279 e. The van der Waals surface area contributed by atoms with E-state index in [4.69, 9.17) is 28.0 Å². The van der Waals surface area contributed by atoms with Crippen molar-refractivity contribution in [2.45, 2.75) is 0 Å². The van der Waals surface area contributed by atoms with Gasteiger partial charge in [0.25, 0.3) is 0 Å². The topological polar surface area (TPSA) is 21.3 Å². The van der Waals surface area contributed by atoms with Gasteiger partial charge in [-0.25, -0.2) is 0 Å². The third kappa shape index (κ3) is 2.62. The molecule has 0 heterocycles. The summed E-state index contributed by atoms with van der Waals surface area (Å²) in [6, 6.07) is 5.24. The first kappa shape index (κ1) is 10.4. The minimum absolute atomic E-state index is 0.498. The monoisotopic (exact) mass is 217 g/mol. The lowest BCUT2D eigenvalue weighted by atomic mass is 10.2. The van der Waals surface area contributed by atoms with E-state index in [9.17, 15) is 0 Å². The van der Waals surface area contributed by atoms with Crippen LogP contribution in [0.25, 0.3) is 5.70 Å². The zero-order chi connectivity index (χ0) is 9.84. The summed E-state index contributed by atoms with van der Waals surface area (Å²) in [5.74, 6) is 0. The summed E-state index contributed by atoms with van der Waals surface area (Å²) in [6.07, 6.45) is 0. The van der Waals surface area contributed by atoms with Crippen molar-refractivity contribution in [2.24, 2.45) is 0 Å². The Labute approximate surface area is 87.1 Å². The van der Waals surface area contributed by atoms with Gasteiger partial charge in [-0.1, -0.05) is 35.8 Å². The Morgan fingerprint density at radius 2 is 2.08 bits per heavy atom. The van der Waals surface area contributed by atoms with Gasteiger partial charge in [-0.2, -0.15) is 0 Å². The van der Waals surface area contributed by atoms with Gasteiger partial charge in [-0.3, -0.25) is 10.3 Å². The van der Waals surface area contributed by atoms with E-state index >= 15 is 0 Å². The van der Waals surface area contributed by atoms with E-state index in [1.165, 1.54) is 7.11 Å². The number of nitrogens with one attached hydrogen (secondary N) is 1. The fraction of sp³-hybridized carbons (Fsp3) is 0.111. The van der Waals surface area contributed by atoms with Gasteiger partial charge in [0.05, 0.1) is 22.9 Å². The second-order valence-corrected chi connectivity index (χ2v) is 3.23. The molecule has 0 spiro atoms. The highest BCUT2D eigenvalue weighted by atomic mass is 35.5. The highest BCUT2D eigenvalue weighted by Gasteiger charge is 2.01. The Morgan fingerprint density at radius 3 is 2.62 bits per heavy atom. The van der Waals surface area contributed by atoms with Crippen molar-refractivity contribution in [3.8, 4) is 0 Å². The van der Waals surface area contributed by atoms with Gasteiger partial charge in [-0.15, -0.1) is 0 Å². The molecule has 1 N–H and O–H groups in total. The number of hydroxylamine groups is 1. The second kappa shape index (κ2) is 4.51. The molecule has 0 aliphatic carbocycles. The summed E-state index contributed by atoms with van der Waals surface area (Å²) in [5, 5.41) is 1.02. The normalized spacial score (nSPS) is 9.77. The van der Waals surface area contributed by atoms with E-state index in [1.54, 1.807) is 12.1 Å². The van der Waals surface area contributed by atoms with E-state index in [1.807, 2.05) is 6.07 Å². The average molecular weight is 218 g/mol. The van der Waals surface area contributed by atoms with Crippen molar-refractivity contribution in [1.29, 1.82) is 0 Å². The number of rotatable bonds is 3. The van der Waals surface area contributed by atoms with Crippen molar-refractivity contribution in [3.05, 3.63) is 40.4 Å². The maximum absolute atomic E-state index is 5.82. The Kier molecular flexibility index (Phi) is 3.60. The molecule has 4 heteroatoms. The van der Waals surface area contributed by atoms with Crippen LogP contribution in [0, 0.1) is 0 Å². The highest BCUT2D eigenvalue weighted by Crippen LogP contribution is 2.24.